The van der Waals surface area contributed by atoms with Crippen LogP contribution in [0.25, 0.3) is 0 Å². The van der Waals surface area contributed by atoms with Crippen LogP contribution in [0.1, 0.15) is 57.1 Å². The van der Waals surface area contributed by atoms with Gasteiger partial charge in [-0.2, -0.15) is 10.5 Å². The molecule has 8 heteroatoms. The normalized spacial score (nSPS) is 10.2. The molecule has 6 nitrogen and oxygen atoms in total. The first-order valence-corrected chi connectivity index (χ1v) is 10.4. The fourth-order valence-electron chi connectivity index (χ4n) is 2.54. The number of aryl methyl sites for hydroxylation is 2. The van der Waals surface area contributed by atoms with Crippen molar-refractivity contribution in [1.29, 1.82) is 10.5 Å². The topological polar surface area (TPSA) is 107 Å². The van der Waals surface area contributed by atoms with E-state index in [0.29, 0.717) is 55.2 Å². The average Bonchev–Trinajstić information content (AvgIpc) is 2.64. The van der Waals surface area contributed by atoms with Gasteiger partial charge in [-0.15, -0.1) is 23.5 Å². The lowest BCUT2D eigenvalue weighted by molar-refractivity contribution is 0.100. The van der Waals surface area contributed by atoms with Crippen LogP contribution in [0.5, 0.6) is 0 Å². The van der Waals surface area contributed by atoms with Gasteiger partial charge in [0.25, 0.3) is 0 Å². The molecule has 0 N–H and O–H groups in total. The Balaban J connectivity index is 2.10. The van der Waals surface area contributed by atoms with Crippen molar-refractivity contribution >= 4 is 35.1 Å². The lowest BCUT2D eigenvalue weighted by Gasteiger charge is -2.09. The molecule has 0 aromatic carbocycles. The summed E-state index contributed by atoms with van der Waals surface area (Å²) in [5, 5.41) is 19.8. The molecule has 2 rings (SSSR count). The molecular formula is C20H18N4O2S2. The Morgan fingerprint density at radius 3 is 1.50 bits per heavy atom. The molecule has 0 saturated heterocycles. The average molecular weight is 411 g/mol. The minimum absolute atomic E-state index is 0.118. The Bertz CT molecular complexity index is 952. The summed E-state index contributed by atoms with van der Waals surface area (Å²) in [6.07, 6.45) is 0. The first-order valence-electron chi connectivity index (χ1n) is 8.39. The van der Waals surface area contributed by atoms with Crippen LogP contribution in [0.2, 0.25) is 0 Å². The van der Waals surface area contributed by atoms with E-state index >= 15 is 0 Å². The largest absolute Gasteiger partial charge is 0.294 e. The highest BCUT2D eigenvalue weighted by molar-refractivity contribution is 8.02. The van der Waals surface area contributed by atoms with Crippen LogP contribution in [0, 0.1) is 36.5 Å². The highest BCUT2D eigenvalue weighted by atomic mass is 32.2. The van der Waals surface area contributed by atoms with Crippen molar-refractivity contribution < 1.29 is 9.59 Å². The monoisotopic (exact) mass is 410 g/mol. The third-order valence-corrected chi connectivity index (χ3v) is 6.16. The quantitative estimate of drug-likeness (QED) is 0.381. The summed E-state index contributed by atoms with van der Waals surface area (Å²) >= 11 is 2.84. The number of pyridine rings is 2. The minimum Gasteiger partial charge on any atom is -0.294 e. The van der Waals surface area contributed by atoms with Crippen molar-refractivity contribution in [2.45, 2.75) is 37.7 Å². The molecule has 28 heavy (non-hydrogen) atoms. The number of hydrogen-bond acceptors (Lipinski definition) is 8. The maximum absolute atomic E-state index is 11.6. The summed E-state index contributed by atoms with van der Waals surface area (Å²) in [5.41, 5.74) is 2.88. The van der Waals surface area contributed by atoms with Crippen molar-refractivity contribution in [3.8, 4) is 12.1 Å². The highest BCUT2D eigenvalue weighted by Crippen LogP contribution is 2.27. The maximum Gasteiger partial charge on any atom is 0.161 e. The Hall–Kier alpha value is -2.68. The fraction of sp³-hybridized carbons (Fsp3) is 0.300. The number of Topliss-reactive ketones (excluding diaryl/α,β-unsaturated/α-hetero) is 2. The fourth-order valence-corrected chi connectivity index (χ4v) is 4.51. The Labute approximate surface area is 172 Å². The molecule has 0 radical (unpaired) electrons. The zero-order valence-electron chi connectivity index (χ0n) is 16.0. The van der Waals surface area contributed by atoms with Gasteiger partial charge in [-0.05, 0) is 39.8 Å². The summed E-state index contributed by atoms with van der Waals surface area (Å²) in [7, 11) is 0. The van der Waals surface area contributed by atoms with E-state index in [-0.39, 0.29) is 11.6 Å². The maximum atomic E-state index is 11.6. The van der Waals surface area contributed by atoms with Crippen LogP contribution in [0.15, 0.2) is 22.2 Å². The summed E-state index contributed by atoms with van der Waals surface area (Å²) in [6, 6.07) is 7.34. The van der Waals surface area contributed by atoms with Gasteiger partial charge in [0, 0.05) is 34.0 Å². The van der Waals surface area contributed by atoms with Gasteiger partial charge in [0.2, 0.25) is 0 Å². The van der Waals surface area contributed by atoms with Gasteiger partial charge in [-0.3, -0.25) is 9.59 Å². The predicted molar refractivity (Wildman–Crippen MR) is 109 cm³/mol. The number of ketones is 2. The van der Waals surface area contributed by atoms with Gasteiger partial charge in [0.05, 0.1) is 11.1 Å². The van der Waals surface area contributed by atoms with Gasteiger partial charge in [-0.25, -0.2) is 9.97 Å². The SMILES string of the molecule is CC(=O)c1cc(C#N)c(SCCSc2nc(C)c(C(C)=O)cc2C#N)nc1C. The van der Waals surface area contributed by atoms with Crippen LogP contribution in [0.4, 0.5) is 0 Å². The summed E-state index contributed by atoms with van der Waals surface area (Å²) in [4.78, 5) is 32.0. The number of rotatable bonds is 7. The van der Waals surface area contributed by atoms with E-state index in [9.17, 15) is 20.1 Å². The summed E-state index contributed by atoms with van der Waals surface area (Å²) < 4.78 is 0. The number of carbonyl (C=O) groups excluding carboxylic acids is 2. The second kappa shape index (κ2) is 9.50. The third kappa shape index (κ3) is 4.98. The Morgan fingerprint density at radius 1 is 0.857 bits per heavy atom. The van der Waals surface area contributed by atoms with Gasteiger partial charge in [-0.1, -0.05) is 0 Å². The molecule has 2 heterocycles. The molecule has 2 aromatic heterocycles. The highest BCUT2D eigenvalue weighted by Gasteiger charge is 2.14. The van der Waals surface area contributed by atoms with Gasteiger partial charge < -0.3 is 0 Å². The smallest absolute Gasteiger partial charge is 0.161 e. The van der Waals surface area contributed by atoms with Gasteiger partial charge in [0.1, 0.15) is 22.2 Å². The van der Waals surface area contributed by atoms with E-state index < -0.39 is 0 Å². The first kappa shape index (κ1) is 21.6. The molecule has 142 valence electrons. The number of nitrogens with zero attached hydrogens (tertiary/aromatic N) is 4. The predicted octanol–water partition coefficient (Wildman–Crippen LogP) is 4.13. The molecule has 0 unspecified atom stereocenters. The van der Waals surface area contributed by atoms with E-state index in [2.05, 4.69) is 22.1 Å². The molecule has 0 amide bonds. The van der Waals surface area contributed by atoms with E-state index in [1.54, 1.807) is 26.0 Å². The van der Waals surface area contributed by atoms with Crippen molar-refractivity contribution in [3.05, 3.63) is 45.8 Å². The second-order valence-corrected chi connectivity index (χ2v) is 8.15. The standard InChI is InChI=1S/C20H18N4O2S2/c1-11-17(13(3)25)7-15(9-21)19(23-11)27-5-6-28-20-16(10-22)8-18(14(4)26)12(2)24-20/h7-8H,5-6H2,1-4H3. The number of thioether (sulfide) groups is 2. The van der Waals surface area contributed by atoms with Crippen LogP contribution < -0.4 is 0 Å². The summed E-state index contributed by atoms with van der Waals surface area (Å²) in [5.74, 6) is 1.05. The number of carbonyl (C=O) groups is 2. The molecular weight excluding hydrogens is 392 g/mol. The van der Waals surface area contributed by atoms with Crippen LogP contribution in [0.3, 0.4) is 0 Å². The zero-order chi connectivity index (χ0) is 20.8. The van der Waals surface area contributed by atoms with E-state index in [0.717, 1.165) is 0 Å². The number of hydrogen-bond donors (Lipinski definition) is 0. The van der Waals surface area contributed by atoms with E-state index in [4.69, 9.17) is 0 Å². The molecule has 0 fully saturated rings. The van der Waals surface area contributed by atoms with E-state index in [1.165, 1.54) is 37.4 Å². The van der Waals surface area contributed by atoms with Crippen LogP contribution in [-0.2, 0) is 0 Å². The molecule has 0 aliphatic heterocycles. The Kier molecular flexibility index (Phi) is 7.33. The van der Waals surface area contributed by atoms with Crippen molar-refractivity contribution in [2.24, 2.45) is 0 Å². The minimum atomic E-state index is -0.118. The third-order valence-electron chi connectivity index (χ3n) is 3.92. The lowest BCUT2D eigenvalue weighted by Crippen LogP contribution is -2.03. The van der Waals surface area contributed by atoms with E-state index in [1.807, 2.05) is 0 Å². The summed E-state index contributed by atoms with van der Waals surface area (Å²) in [6.45, 7) is 6.40. The second-order valence-electron chi connectivity index (χ2n) is 5.98. The molecule has 0 atom stereocenters. The zero-order valence-corrected chi connectivity index (χ0v) is 17.6. The van der Waals surface area contributed by atoms with Gasteiger partial charge in [0.15, 0.2) is 11.6 Å². The first-order chi connectivity index (χ1) is 13.3. The van der Waals surface area contributed by atoms with Gasteiger partial charge >= 0.3 is 0 Å². The Morgan fingerprint density at radius 2 is 1.21 bits per heavy atom. The van der Waals surface area contributed by atoms with Crippen molar-refractivity contribution in [1.82, 2.24) is 9.97 Å². The van der Waals surface area contributed by atoms with Crippen molar-refractivity contribution in [2.75, 3.05) is 11.5 Å². The molecule has 0 aliphatic rings. The molecule has 0 aliphatic carbocycles. The molecule has 0 saturated carbocycles. The molecule has 2 aromatic rings. The van der Waals surface area contributed by atoms with Crippen LogP contribution in [-0.4, -0.2) is 33.0 Å². The molecule has 0 spiro atoms. The van der Waals surface area contributed by atoms with Crippen LogP contribution >= 0.6 is 23.5 Å². The lowest BCUT2D eigenvalue weighted by atomic mass is 10.1. The molecule has 0 bridgehead atoms. The number of nitriles is 2. The van der Waals surface area contributed by atoms with Crippen molar-refractivity contribution in [3.63, 3.8) is 0 Å². The number of aromatic nitrogens is 2.